The van der Waals surface area contributed by atoms with E-state index in [9.17, 15) is 4.79 Å². The van der Waals surface area contributed by atoms with Crippen molar-refractivity contribution in [1.82, 2.24) is 0 Å². The number of rotatable bonds is 3. The van der Waals surface area contributed by atoms with E-state index in [1.807, 2.05) is 55.5 Å². The predicted octanol–water partition coefficient (Wildman–Crippen LogP) is 4.68. The fourth-order valence-electron chi connectivity index (χ4n) is 2.15. The SMILES string of the molecule is Cc1ccc(C(=O)Oc2ccc(-c3cc[c-]cc3)cc2)cc1.[Y+3]. The molecule has 0 bridgehead atoms. The second kappa shape index (κ2) is 8.19. The minimum atomic E-state index is -0.345. The van der Waals surface area contributed by atoms with E-state index in [1.165, 1.54) is 0 Å². The van der Waals surface area contributed by atoms with Gasteiger partial charge < -0.3 is 4.74 Å². The Balaban J connectivity index is 0.00000192. The molecule has 0 heterocycles. The van der Waals surface area contributed by atoms with E-state index in [0.717, 1.165) is 16.7 Å². The van der Waals surface area contributed by atoms with Crippen LogP contribution in [0.2, 0.25) is 0 Å². The van der Waals surface area contributed by atoms with Crippen LogP contribution in [-0.2, 0) is 32.7 Å². The van der Waals surface area contributed by atoms with Crippen molar-refractivity contribution in [1.29, 1.82) is 0 Å². The number of esters is 1. The van der Waals surface area contributed by atoms with E-state index in [1.54, 1.807) is 24.3 Å². The van der Waals surface area contributed by atoms with E-state index in [2.05, 4.69) is 6.07 Å². The maximum Gasteiger partial charge on any atom is 3.00 e. The van der Waals surface area contributed by atoms with E-state index in [4.69, 9.17) is 4.74 Å². The first-order valence-electron chi connectivity index (χ1n) is 7.08. The van der Waals surface area contributed by atoms with Gasteiger partial charge in [0.05, 0.1) is 5.56 Å². The molecule has 3 aromatic carbocycles. The minimum absolute atomic E-state index is 0. The molecule has 0 spiro atoms. The van der Waals surface area contributed by atoms with Gasteiger partial charge in [-0.15, -0.1) is 5.56 Å². The Morgan fingerprint density at radius 1 is 0.826 bits per heavy atom. The molecule has 0 aliphatic carbocycles. The molecule has 0 amide bonds. The van der Waals surface area contributed by atoms with E-state index in [0.29, 0.717) is 11.3 Å². The average Bonchev–Trinajstić information content (AvgIpc) is 2.57. The third-order valence-electron chi connectivity index (χ3n) is 3.40. The van der Waals surface area contributed by atoms with Gasteiger partial charge in [0.2, 0.25) is 0 Å². The smallest absolute Gasteiger partial charge is 0.423 e. The Hall–Kier alpha value is -1.77. The van der Waals surface area contributed by atoms with Crippen LogP contribution in [0.15, 0.2) is 72.8 Å². The monoisotopic (exact) mass is 376 g/mol. The Morgan fingerprint density at radius 3 is 2.00 bits per heavy atom. The maximum absolute atomic E-state index is 12.1. The molecule has 0 N–H and O–H groups in total. The first-order valence-corrected chi connectivity index (χ1v) is 7.08. The molecule has 0 saturated heterocycles. The van der Waals surface area contributed by atoms with Gasteiger partial charge in [0.1, 0.15) is 5.75 Å². The fraction of sp³-hybridized carbons (Fsp3) is 0.0500. The van der Waals surface area contributed by atoms with Crippen molar-refractivity contribution in [3.05, 3.63) is 90.0 Å². The first-order chi connectivity index (χ1) is 10.7. The van der Waals surface area contributed by atoms with Crippen molar-refractivity contribution in [2.24, 2.45) is 0 Å². The molecular formula is C20H15O2Y+2. The summed E-state index contributed by atoms with van der Waals surface area (Å²) in [5.74, 6) is 0.193. The number of carbonyl (C=O) groups is 1. The van der Waals surface area contributed by atoms with Crippen LogP contribution >= 0.6 is 0 Å². The van der Waals surface area contributed by atoms with Crippen LogP contribution in [-0.4, -0.2) is 5.97 Å². The van der Waals surface area contributed by atoms with Crippen LogP contribution in [0.3, 0.4) is 0 Å². The number of hydrogen-bond donors (Lipinski definition) is 0. The Labute approximate surface area is 161 Å². The summed E-state index contributed by atoms with van der Waals surface area (Å²) < 4.78 is 5.39. The second-order valence-corrected chi connectivity index (χ2v) is 5.07. The van der Waals surface area contributed by atoms with Crippen LogP contribution in [0.25, 0.3) is 11.1 Å². The van der Waals surface area contributed by atoms with Gasteiger partial charge >= 0.3 is 38.7 Å². The van der Waals surface area contributed by atoms with E-state index in [-0.39, 0.29) is 38.7 Å². The summed E-state index contributed by atoms with van der Waals surface area (Å²) in [6, 6.07) is 25.5. The van der Waals surface area contributed by atoms with Gasteiger partial charge in [-0.05, 0) is 36.8 Å². The Morgan fingerprint density at radius 2 is 1.39 bits per heavy atom. The van der Waals surface area contributed by atoms with Gasteiger partial charge in [0.25, 0.3) is 0 Å². The topological polar surface area (TPSA) is 26.3 Å². The summed E-state index contributed by atoms with van der Waals surface area (Å²) >= 11 is 0. The molecule has 23 heavy (non-hydrogen) atoms. The van der Waals surface area contributed by atoms with E-state index >= 15 is 0 Å². The zero-order chi connectivity index (χ0) is 15.4. The fourth-order valence-corrected chi connectivity index (χ4v) is 2.15. The van der Waals surface area contributed by atoms with Gasteiger partial charge in [0.15, 0.2) is 0 Å². The first kappa shape index (κ1) is 17.6. The molecule has 3 rings (SSSR count). The quantitative estimate of drug-likeness (QED) is 0.377. The second-order valence-electron chi connectivity index (χ2n) is 5.07. The summed E-state index contributed by atoms with van der Waals surface area (Å²) in [5.41, 5.74) is 3.84. The van der Waals surface area contributed by atoms with E-state index < -0.39 is 0 Å². The molecule has 0 fully saturated rings. The number of aryl methyl sites for hydroxylation is 1. The number of carbonyl (C=O) groups excluding carboxylic acids is 1. The van der Waals surface area contributed by atoms with Crippen molar-refractivity contribution in [2.45, 2.75) is 6.92 Å². The summed E-state index contributed by atoms with van der Waals surface area (Å²) in [4.78, 5) is 12.1. The van der Waals surface area contributed by atoms with Crippen molar-refractivity contribution in [3.8, 4) is 16.9 Å². The van der Waals surface area contributed by atoms with Gasteiger partial charge in [-0.25, -0.2) is 4.79 Å². The zero-order valence-electron chi connectivity index (χ0n) is 12.8. The van der Waals surface area contributed by atoms with Crippen molar-refractivity contribution in [2.75, 3.05) is 0 Å². The standard InChI is InChI=1S/C20H15O2.Y/c1-15-7-9-18(10-8-15)20(21)22-19-13-11-17(12-14-19)16-5-3-2-4-6-16;/h3-14H,1H3;/q-1;+3. The van der Waals surface area contributed by atoms with Crippen LogP contribution < -0.4 is 4.74 Å². The molecule has 2 nitrogen and oxygen atoms in total. The van der Waals surface area contributed by atoms with Gasteiger partial charge in [0, 0.05) is 0 Å². The van der Waals surface area contributed by atoms with Crippen molar-refractivity contribution < 1.29 is 42.2 Å². The van der Waals surface area contributed by atoms with Gasteiger partial charge in [-0.2, -0.15) is 30.3 Å². The molecule has 0 saturated carbocycles. The number of hydrogen-bond acceptors (Lipinski definition) is 2. The minimum Gasteiger partial charge on any atom is -0.423 e. The van der Waals surface area contributed by atoms with Crippen LogP contribution in [0.5, 0.6) is 5.75 Å². The molecule has 0 aliphatic heterocycles. The predicted molar refractivity (Wildman–Crippen MR) is 86.9 cm³/mol. The average molecular weight is 376 g/mol. The summed E-state index contributed by atoms with van der Waals surface area (Å²) in [5, 5.41) is 0. The Kier molecular flexibility index (Phi) is 6.26. The molecular weight excluding hydrogens is 361 g/mol. The summed E-state index contributed by atoms with van der Waals surface area (Å²) in [6.45, 7) is 1.98. The molecule has 3 heteroatoms. The summed E-state index contributed by atoms with van der Waals surface area (Å²) in [7, 11) is 0. The third kappa shape index (κ3) is 4.60. The van der Waals surface area contributed by atoms with Gasteiger partial charge in [-0.3, -0.25) is 0 Å². The molecule has 0 atom stereocenters. The zero-order valence-corrected chi connectivity index (χ0v) is 15.7. The normalized spacial score (nSPS) is 9.78. The molecule has 0 aliphatic rings. The molecule has 3 aromatic rings. The van der Waals surface area contributed by atoms with Crippen molar-refractivity contribution in [3.63, 3.8) is 0 Å². The van der Waals surface area contributed by atoms with Crippen molar-refractivity contribution >= 4 is 5.97 Å². The summed E-state index contributed by atoms with van der Waals surface area (Å²) in [6.07, 6.45) is 0. The molecule has 0 unspecified atom stereocenters. The maximum atomic E-state index is 12.1. The van der Waals surface area contributed by atoms with Crippen LogP contribution in [0.4, 0.5) is 0 Å². The largest absolute Gasteiger partial charge is 3.00 e. The van der Waals surface area contributed by atoms with Crippen LogP contribution in [0, 0.1) is 13.0 Å². The van der Waals surface area contributed by atoms with Crippen LogP contribution in [0.1, 0.15) is 15.9 Å². The van der Waals surface area contributed by atoms with Gasteiger partial charge in [-0.1, -0.05) is 29.8 Å². The molecule has 0 radical (unpaired) electrons. The molecule has 0 aromatic heterocycles. The number of ether oxygens (including phenoxy) is 1. The number of benzene rings is 3. The third-order valence-corrected chi connectivity index (χ3v) is 3.40. The molecule has 108 valence electrons. The Bertz CT molecular complexity index is 763.